The van der Waals surface area contributed by atoms with Gasteiger partial charge in [-0.15, -0.1) is 0 Å². The second kappa shape index (κ2) is 20.8. The molecule has 1 atom stereocenters. The molecule has 1 aromatic rings. The van der Waals surface area contributed by atoms with Crippen molar-refractivity contribution in [1.29, 1.82) is 0 Å². The lowest BCUT2D eigenvalue weighted by Crippen LogP contribution is -2.46. The molecule has 0 saturated carbocycles. The van der Waals surface area contributed by atoms with Gasteiger partial charge in [0.05, 0.1) is 12.3 Å². The number of allylic oxidation sites excluding steroid dienone is 1. The molecule has 0 spiro atoms. The molecule has 0 heterocycles. The fourth-order valence-corrected chi connectivity index (χ4v) is 2.31. The third-order valence-electron chi connectivity index (χ3n) is 3.66. The highest BCUT2D eigenvalue weighted by Gasteiger charge is 2.20. The van der Waals surface area contributed by atoms with Gasteiger partial charge in [-0.2, -0.15) is 0 Å². The van der Waals surface area contributed by atoms with E-state index in [9.17, 15) is 14.4 Å². The van der Waals surface area contributed by atoms with E-state index in [2.05, 4.69) is 41.7 Å². The molecule has 1 unspecified atom stereocenters. The van der Waals surface area contributed by atoms with Crippen LogP contribution in [0.5, 0.6) is 0 Å². The average Bonchev–Trinajstić information content (AvgIpc) is 2.77. The Balaban J connectivity index is 0. The van der Waals surface area contributed by atoms with Crippen molar-refractivity contribution in [3.8, 4) is 0 Å². The first-order chi connectivity index (χ1) is 15.7. The van der Waals surface area contributed by atoms with Crippen LogP contribution in [0.2, 0.25) is 0 Å². The summed E-state index contributed by atoms with van der Waals surface area (Å²) in [5, 5.41) is 10.7. The highest BCUT2D eigenvalue weighted by atomic mass is 16.5. The van der Waals surface area contributed by atoms with E-state index < -0.39 is 12.1 Å². The van der Waals surface area contributed by atoms with Crippen molar-refractivity contribution in [2.24, 2.45) is 5.73 Å². The maximum absolute atomic E-state index is 12.6. The molecule has 0 bridgehead atoms. The second-order valence-corrected chi connectivity index (χ2v) is 6.97. The van der Waals surface area contributed by atoms with Crippen LogP contribution in [-0.2, 0) is 20.9 Å². The smallest absolute Gasteiger partial charge is 0.312 e. The van der Waals surface area contributed by atoms with Gasteiger partial charge in [0.1, 0.15) is 12.6 Å². The first kappa shape index (κ1) is 32.1. The van der Waals surface area contributed by atoms with Gasteiger partial charge in [0.2, 0.25) is 11.8 Å². The van der Waals surface area contributed by atoms with Gasteiger partial charge >= 0.3 is 6.03 Å². The predicted molar refractivity (Wildman–Crippen MR) is 135 cm³/mol. The molecule has 0 aliphatic heterocycles. The predicted octanol–water partition coefficient (Wildman–Crippen LogP) is 3.27. The molecule has 6 N–H and O–H groups in total. The van der Waals surface area contributed by atoms with Crippen LogP contribution in [0.3, 0.4) is 0 Å². The number of carbonyl (C=O) groups is 3. The molecule has 0 fully saturated rings. The topological polar surface area (TPSA) is 135 Å². The maximum Gasteiger partial charge on any atom is 0.312 e. The van der Waals surface area contributed by atoms with E-state index in [1.54, 1.807) is 26.1 Å². The number of hydrogen-bond donors (Lipinski definition) is 5. The Hall–Kier alpha value is -3.07. The first-order valence-electron chi connectivity index (χ1n) is 11.4. The van der Waals surface area contributed by atoms with E-state index in [0.717, 1.165) is 5.56 Å². The van der Waals surface area contributed by atoms with Gasteiger partial charge in [0.25, 0.3) is 0 Å². The van der Waals surface area contributed by atoms with Crippen molar-refractivity contribution in [3.63, 3.8) is 0 Å². The Morgan fingerprint density at radius 2 is 1.70 bits per heavy atom. The number of urea groups is 1. The highest BCUT2D eigenvalue weighted by molar-refractivity contribution is 5.97. The number of likely N-dealkylation sites (N-methyl/N-ethyl adjacent to an activating group) is 1. The minimum Gasteiger partial charge on any atom is -0.494 e. The minimum atomic E-state index is -0.734. The summed E-state index contributed by atoms with van der Waals surface area (Å²) in [5.41, 5.74) is 6.57. The number of primary amides is 1. The van der Waals surface area contributed by atoms with E-state index in [4.69, 9.17) is 10.5 Å². The molecule has 0 aliphatic carbocycles. The minimum absolute atomic E-state index is 0.0979. The SMILES string of the molecule is C=C(C)OCc1ccc(NC(=O)C(CCCNC(N)=O)NC(=O)CNC)cc1.CC.CCC. The van der Waals surface area contributed by atoms with Gasteiger partial charge in [-0.25, -0.2) is 4.79 Å². The maximum atomic E-state index is 12.6. The van der Waals surface area contributed by atoms with E-state index in [1.807, 2.05) is 26.0 Å². The lowest BCUT2D eigenvalue weighted by molar-refractivity contribution is -0.126. The number of nitrogens with one attached hydrogen (secondary N) is 4. The summed E-state index contributed by atoms with van der Waals surface area (Å²) in [6.07, 6.45) is 2.09. The lowest BCUT2D eigenvalue weighted by atomic mass is 10.1. The zero-order valence-corrected chi connectivity index (χ0v) is 21.0. The van der Waals surface area contributed by atoms with Crippen molar-refractivity contribution in [2.75, 3.05) is 25.5 Å². The fraction of sp³-hybridized carbons (Fsp3) is 0.542. The summed E-state index contributed by atoms with van der Waals surface area (Å²) in [6, 6.07) is 5.83. The monoisotopic (exact) mass is 465 g/mol. The normalized spacial score (nSPS) is 10.2. The number of benzene rings is 1. The Morgan fingerprint density at radius 1 is 1.12 bits per heavy atom. The summed E-state index contributed by atoms with van der Waals surface area (Å²) in [6.45, 7) is 14.5. The van der Waals surface area contributed by atoms with E-state index >= 15 is 0 Å². The van der Waals surface area contributed by atoms with E-state index in [-0.39, 0.29) is 18.4 Å². The van der Waals surface area contributed by atoms with E-state index in [1.165, 1.54) is 6.42 Å². The van der Waals surface area contributed by atoms with Crippen LogP contribution < -0.4 is 27.0 Å². The third kappa shape index (κ3) is 18.2. The summed E-state index contributed by atoms with van der Waals surface area (Å²) in [4.78, 5) is 35.2. The summed E-state index contributed by atoms with van der Waals surface area (Å²) in [7, 11) is 1.64. The van der Waals surface area contributed by atoms with Gasteiger partial charge in [-0.05, 0) is 44.5 Å². The van der Waals surface area contributed by atoms with Crippen LogP contribution in [0, 0.1) is 0 Å². The summed E-state index contributed by atoms with van der Waals surface area (Å²) in [5.74, 6) is -0.00405. The Labute approximate surface area is 198 Å². The van der Waals surface area contributed by atoms with Crippen molar-refractivity contribution in [1.82, 2.24) is 16.0 Å². The molecule has 4 amide bonds. The number of amides is 4. The van der Waals surface area contributed by atoms with Crippen molar-refractivity contribution < 1.29 is 19.1 Å². The number of ether oxygens (including phenoxy) is 1. The van der Waals surface area contributed by atoms with Gasteiger partial charge < -0.3 is 31.7 Å². The van der Waals surface area contributed by atoms with Crippen LogP contribution >= 0.6 is 0 Å². The number of hydrogen-bond acceptors (Lipinski definition) is 5. The molecule has 9 nitrogen and oxygen atoms in total. The Morgan fingerprint density at radius 3 is 2.18 bits per heavy atom. The van der Waals surface area contributed by atoms with Crippen LogP contribution in [0.25, 0.3) is 0 Å². The van der Waals surface area contributed by atoms with Gasteiger partial charge in [-0.1, -0.05) is 52.8 Å². The quantitative estimate of drug-likeness (QED) is 0.238. The molecule has 33 heavy (non-hydrogen) atoms. The molecule has 1 aromatic carbocycles. The van der Waals surface area contributed by atoms with Crippen LogP contribution in [0.4, 0.5) is 10.5 Å². The van der Waals surface area contributed by atoms with Crippen LogP contribution in [0.15, 0.2) is 36.6 Å². The molecule has 0 saturated heterocycles. The van der Waals surface area contributed by atoms with E-state index in [0.29, 0.717) is 37.4 Å². The highest BCUT2D eigenvalue weighted by Crippen LogP contribution is 2.12. The molecule has 9 heteroatoms. The molecule has 0 aliphatic rings. The molecule has 1 rings (SSSR count). The van der Waals surface area contributed by atoms with Crippen molar-refractivity contribution >= 4 is 23.5 Å². The number of nitrogens with two attached hydrogens (primary N) is 1. The molecular formula is C24H43N5O4. The fourth-order valence-electron chi connectivity index (χ4n) is 2.31. The zero-order valence-electron chi connectivity index (χ0n) is 21.0. The largest absolute Gasteiger partial charge is 0.494 e. The summed E-state index contributed by atoms with van der Waals surface area (Å²) < 4.78 is 5.35. The molecular weight excluding hydrogens is 422 g/mol. The van der Waals surface area contributed by atoms with Crippen molar-refractivity contribution in [3.05, 3.63) is 42.2 Å². The second-order valence-electron chi connectivity index (χ2n) is 6.97. The van der Waals surface area contributed by atoms with Crippen LogP contribution in [-0.4, -0.2) is 44.0 Å². The standard InChI is InChI=1S/C19H29N5O4.C3H8.C2H6/c1-13(2)28-12-14-6-8-15(9-7-14)23-18(26)16(24-17(25)11-21-3)5-4-10-22-19(20)27;1-3-2;1-2/h6-9,16,21H,1,4-5,10-12H2,2-3H3,(H,23,26)(H,24,25)(H3,20,22,27);3H2,1-2H3;1-2H3. The lowest BCUT2D eigenvalue weighted by Gasteiger charge is -2.19. The van der Waals surface area contributed by atoms with Gasteiger partial charge in [0.15, 0.2) is 0 Å². The first-order valence-corrected chi connectivity index (χ1v) is 11.4. The number of anilines is 1. The number of rotatable bonds is 12. The van der Waals surface area contributed by atoms with Crippen molar-refractivity contribution in [2.45, 2.75) is 66.5 Å². The molecule has 0 aromatic heterocycles. The Bertz CT molecular complexity index is 693. The zero-order chi connectivity index (χ0) is 25.6. The Kier molecular flexibility index (Phi) is 20.3. The molecule has 0 radical (unpaired) electrons. The van der Waals surface area contributed by atoms with Crippen LogP contribution in [0.1, 0.15) is 59.4 Å². The molecule has 188 valence electrons. The van der Waals surface area contributed by atoms with Gasteiger partial charge in [-0.3, -0.25) is 9.59 Å². The van der Waals surface area contributed by atoms with Gasteiger partial charge in [0, 0.05) is 12.2 Å². The third-order valence-corrected chi connectivity index (χ3v) is 3.66. The number of carbonyl (C=O) groups excluding carboxylic acids is 3. The summed E-state index contributed by atoms with van der Waals surface area (Å²) >= 11 is 0. The average molecular weight is 466 g/mol.